The molecule has 5 nitrogen and oxygen atoms in total. The fraction of sp³-hybridized carbons (Fsp3) is 0.136. The molecule has 0 aliphatic heterocycles. The van der Waals surface area contributed by atoms with E-state index >= 15 is 0 Å². The van der Waals surface area contributed by atoms with Crippen LogP contribution in [0.15, 0.2) is 65.7 Å². The van der Waals surface area contributed by atoms with Crippen molar-refractivity contribution in [2.75, 3.05) is 0 Å². The first-order valence-corrected chi connectivity index (χ1v) is 10.3. The maximum Gasteiger partial charge on any atom is 0.262 e. The van der Waals surface area contributed by atoms with Crippen molar-refractivity contribution >= 4 is 39.1 Å². The largest absolute Gasteiger partial charge is 0.347 e. The van der Waals surface area contributed by atoms with Crippen molar-refractivity contribution in [1.29, 1.82) is 0 Å². The average Bonchev–Trinajstić information content (AvgIpc) is 3.07. The van der Waals surface area contributed by atoms with Gasteiger partial charge in [-0.2, -0.15) is 0 Å². The number of nitrogens with zero attached hydrogens (tertiary/aromatic N) is 2. The van der Waals surface area contributed by atoms with E-state index in [2.05, 4.69) is 10.3 Å². The number of thiophene rings is 1. The average molecular weight is 424 g/mol. The quantitative estimate of drug-likeness (QED) is 0.517. The molecule has 0 saturated carbocycles. The van der Waals surface area contributed by atoms with E-state index in [0.29, 0.717) is 38.8 Å². The van der Waals surface area contributed by atoms with Crippen LogP contribution in [0, 0.1) is 6.92 Å². The van der Waals surface area contributed by atoms with Crippen LogP contribution in [0.1, 0.15) is 26.4 Å². The van der Waals surface area contributed by atoms with Gasteiger partial charge >= 0.3 is 0 Å². The Kier molecular flexibility index (Phi) is 5.47. The van der Waals surface area contributed by atoms with Crippen LogP contribution in [0.3, 0.4) is 0 Å². The highest BCUT2D eigenvalue weighted by Gasteiger charge is 2.19. The number of aromatic nitrogens is 2. The molecule has 0 unspecified atom stereocenters. The molecule has 1 amide bonds. The summed E-state index contributed by atoms with van der Waals surface area (Å²) in [6, 6.07) is 17.0. The van der Waals surface area contributed by atoms with E-state index in [0.717, 1.165) is 11.1 Å². The SMILES string of the molecule is Cc1c(C(=O)NCc2ccc(Cl)cc2)sc2ncn(Cc3ccccc3)c(=O)c12. The zero-order chi connectivity index (χ0) is 20.4. The lowest BCUT2D eigenvalue weighted by atomic mass is 10.2. The van der Waals surface area contributed by atoms with Crippen LogP contribution in [0.25, 0.3) is 10.2 Å². The van der Waals surface area contributed by atoms with Gasteiger partial charge < -0.3 is 5.32 Å². The van der Waals surface area contributed by atoms with E-state index in [-0.39, 0.29) is 11.5 Å². The van der Waals surface area contributed by atoms with Gasteiger partial charge in [-0.05, 0) is 35.7 Å². The summed E-state index contributed by atoms with van der Waals surface area (Å²) in [5, 5.41) is 4.06. The molecule has 2 heterocycles. The Morgan fingerprint density at radius 3 is 2.55 bits per heavy atom. The highest BCUT2D eigenvalue weighted by Crippen LogP contribution is 2.27. The maximum absolute atomic E-state index is 13.0. The van der Waals surface area contributed by atoms with Crippen molar-refractivity contribution in [3.05, 3.63) is 97.9 Å². The molecule has 0 spiro atoms. The molecule has 29 heavy (non-hydrogen) atoms. The zero-order valence-corrected chi connectivity index (χ0v) is 17.3. The Balaban J connectivity index is 1.60. The van der Waals surface area contributed by atoms with Gasteiger partial charge in [-0.25, -0.2) is 4.98 Å². The minimum Gasteiger partial charge on any atom is -0.347 e. The smallest absolute Gasteiger partial charge is 0.262 e. The van der Waals surface area contributed by atoms with E-state index < -0.39 is 0 Å². The third-order valence-corrected chi connectivity index (χ3v) is 6.14. The van der Waals surface area contributed by atoms with E-state index in [9.17, 15) is 9.59 Å². The Labute approximate surface area is 176 Å². The molecule has 0 radical (unpaired) electrons. The van der Waals surface area contributed by atoms with E-state index in [1.54, 1.807) is 30.0 Å². The molecule has 146 valence electrons. The summed E-state index contributed by atoms with van der Waals surface area (Å²) in [5.41, 5.74) is 2.50. The van der Waals surface area contributed by atoms with Crippen LogP contribution in [0.2, 0.25) is 5.02 Å². The highest BCUT2D eigenvalue weighted by atomic mass is 35.5. The van der Waals surface area contributed by atoms with Crippen molar-refractivity contribution in [3.63, 3.8) is 0 Å². The first kappa shape index (κ1) is 19.4. The number of carbonyl (C=O) groups is 1. The van der Waals surface area contributed by atoms with Crippen molar-refractivity contribution < 1.29 is 4.79 Å². The number of nitrogens with one attached hydrogen (secondary N) is 1. The summed E-state index contributed by atoms with van der Waals surface area (Å²) in [7, 11) is 0. The van der Waals surface area contributed by atoms with Gasteiger partial charge in [0.2, 0.25) is 0 Å². The molecular formula is C22H18ClN3O2S. The predicted octanol–water partition coefficient (Wildman–Crippen LogP) is 4.40. The number of hydrogen-bond donors (Lipinski definition) is 1. The molecule has 7 heteroatoms. The Morgan fingerprint density at radius 2 is 1.83 bits per heavy atom. The van der Waals surface area contributed by atoms with Gasteiger partial charge in [0.25, 0.3) is 11.5 Å². The van der Waals surface area contributed by atoms with E-state index in [4.69, 9.17) is 11.6 Å². The molecule has 1 N–H and O–H groups in total. The van der Waals surface area contributed by atoms with Gasteiger partial charge in [-0.15, -0.1) is 11.3 Å². The van der Waals surface area contributed by atoms with Gasteiger partial charge in [0.15, 0.2) is 0 Å². The lowest BCUT2D eigenvalue weighted by molar-refractivity contribution is 0.0954. The fourth-order valence-electron chi connectivity index (χ4n) is 3.13. The summed E-state index contributed by atoms with van der Waals surface area (Å²) >= 11 is 7.13. The predicted molar refractivity (Wildman–Crippen MR) is 117 cm³/mol. The molecule has 0 atom stereocenters. The van der Waals surface area contributed by atoms with Crippen LogP contribution in [-0.2, 0) is 13.1 Å². The van der Waals surface area contributed by atoms with Crippen LogP contribution >= 0.6 is 22.9 Å². The van der Waals surface area contributed by atoms with Gasteiger partial charge in [-0.1, -0.05) is 54.1 Å². The number of benzene rings is 2. The second-order valence-electron chi connectivity index (χ2n) is 6.71. The number of carbonyl (C=O) groups excluding carboxylic acids is 1. The Bertz CT molecular complexity index is 1230. The van der Waals surface area contributed by atoms with E-state index in [1.807, 2.05) is 42.5 Å². The third kappa shape index (κ3) is 4.09. The molecule has 0 aliphatic carbocycles. The minimum atomic E-state index is -0.213. The second-order valence-corrected chi connectivity index (χ2v) is 8.14. The lowest BCUT2D eigenvalue weighted by Crippen LogP contribution is -2.23. The summed E-state index contributed by atoms with van der Waals surface area (Å²) in [5.74, 6) is -0.213. The summed E-state index contributed by atoms with van der Waals surface area (Å²) in [4.78, 5) is 31.2. The zero-order valence-electron chi connectivity index (χ0n) is 15.7. The molecule has 4 aromatic rings. The molecule has 0 fully saturated rings. The third-order valence-electron chi connectivity index (χ3n) is 4.69. The minimum absolute atomic E-state index is 0.135. The number of aryl methyl sites for hydroxylation is 1. The summed E-state index contributed by atoms with van der Waals surface area (Å²) < 4.78 is 1.58. The number of hydrogen-bond acceptors (Lipinski definition) is 4. The number of rotatable bonds is 5. The second kappa shape index (κ2) is 8.19. The lowest BCUT2D eigenvalue weighted by Gasteiger charge is -2.06. The Morgan fingerprint density at radius 1 is 1.10 bits per heavy atom. The summed E-state index contributed by atoms with van der Waals surface area (Å²) in [6.07, 6.45) is 1.54. The highest BCUT2D eigenvalue weighted by molar-refractivity contribution is 7.20. The van der Waals surface area contributed by atoms with Gasteiger partial charge in [0, 0.05) is 11.6 Å². The number of halogens is 1. The molecule has 0 saturated heterocycles. The number of amides is 1. The normalized spacial score (nSPS) is 11.0. The number of fused-ring (bicyclic) bond motifs is 1. The van der Waals surface area contributed by atoms with Gasteiger partial charge in [0.1, 0.15) is 4.83 Å². The van der Waals surface area contributed by atoms with Crippen molar-refractivity contribution in [2.45, 2.75) is 20.0 Å². The van der Waals surface area contributed by atoms with Crippen molar-refractivity contribution in [2.24, 2.45) is 0 Å². The molecule has 2 aromatic heterocycles. The summed E-state index contributed by atoms with van der Waals surface area (Å²) in [6.45, 7) is 2.62. The standard InChI is InChI=1S/C22H18ClN3O2S/c1-14-18-21(25-13-26(22(18)28)12-16-5-3-2-4-6-16)29-19(14)20(27)24-11-15-7-9-17(23)10-8-15/h2-10,13H,11-12H2,1H3,(H,24,27). The molecule has 4 rings (SSSR count). The fourth-order valence-corrected chi connectivity index (χ4v) is 4.32. The molecule has 0 aliphatic rings. The van der Waals surface area contributed by atoms with E-state index in [1.165, 1.54) is 11.3 Å². The molecule has 2 aromatic carbocycles. The first-order valence-electron chi connectivity index (χ1n) is 9.08. The van der Waals surface area contributed by atoms with Crippen molar-refractivity contribution in [3.8, 4) is 0 Å². The van der Waals surface area contributed by atoms with Crippen molar-refractivity contribution in [1.82, 2.24) is 14.9 Å². The Hall–Kier alpha value is -2.96. The van der Waals surface area contributed by atoms with Crippen LogP contribution in [0.5, 0.6) is 0 Å². The molecular weight excluding hydrogens is 406 g/mol. The van der Waals surface area contributed by atoms with Crippen LogP contribution in [0.4, 0.5) is 0 Å². The van der Waals surface area contributed by atoms with Crippen LogP contribution < -0.4 is 10.9 Å². The topological polar surface area (TPSA) is 64.0 Å². The first-order chi connectivity index (χ1) is 14.0. The van der Waals surface area contributed by atoms with Gasteiger partial charge in [0.05, 0.1) is 23.1 Å². The monoisotopic (exact) mass is 423 g/mol. The van der Waals surface area contributed by atoms with Gasteiger partial charge in [-0.3, -0.25) is 14.2 Å². The maximum atomic E-state index is 13.0. The molecule has 0 bridgehead atoms. The van der Waals surface area contributed by atoms with Crippen LogP contribution in [-0.4, -0.2) is 15.5 Å².